The molecule has 2 aromatic rings. The van der Waals surface area contributed by atoms with Crippen molar-refractivity contribution in [3.05, 3.63) is 40.6 Å². The molecule has 126 valence electrons. The van der Waals surface area contributed by atoms with Crippen LogP contribution < -0.4 is 5.73 Å². The maximum Gasteiger partial charge on any atom is 0.234 e. The van der Waals surface area contributed by atoms with Gasteiger partial charge in [0, 0.05) is 11.9 Å². The molecule has 2 atom stereocenters. The molecular weight excluding hydrogens is 322 g/mol. The van der Waals surface area contributed by atoms with E-state index in [-0.39, 0.29) is 23.5 Å². The van der Waals surface area contributed by atoms with Crippen LogP contribution in [0, 0.1) is 5.92 Å². The van der Waals surface area contributed by atoms with Crippen LogP contribution >= 0.6 is 11.3 Å². The minimum atomic E-state index is -0.665. The molecule has 3 N–H and O–H groups in total. The van der Waals surface area contributed by atoms with Crippen molar-refractivity contribution < 1.29 is 9.90 Å². The first-order chi connectivity index (χ1) is 11.4. The summed E-state index contributed by atoms with van der Waals surface area (Å²) in [7, 11) is 1.66. The molecule has 1 amide bonds. The fourth-order valence-electron chi connectivity index (χ4n) is 3.22. The quantitative estimate of drug-likeness (QED) is 0.898. The molecule has 1 aliphatic rings. The molecule has 1 aromatic heterocycles. The third-order valence-electron chi connectivity index (χ3n) is 4.68. The first kappa shape index (κ1) is 16.5. The monoisotopic (exact) mass is 343 g/mol. The second-order valence-corrected chi connectivity index (χ2v) is 7.14. The van der Waals surface area contributed by atoms with Gasteiger partial charge in [0.05, 0.1) is 5.92 Å². The summed E-state index contributed by atoms with van der Waals surface area (Å²) in [6, 6.07) is 9.17. The number of carbonyl (C=O) groups is 1. The average Bonchev–Trinajstić information content (AvgIpc) is 3.04. The van der Waals surface area contributed by atoms with Crippen LogP contribution in [0.2, 0.25) is 0 Å². The van der Waals surface area contributed by atoms with Crippen LogP contribution in [0.15, 0.2) is 40.7 Å². The fourth-order valence-corrected chi connectivity index (χ4v) is 4.29. The van der Waals surface area contributed by atoms with Gasteiger partial charge in [0.1, 0.15) is 11.3 Å². The molecular formula is C18H21N3O2S. The van der Waals surface area contributed by atoms with Gasteiger partial charge in [-0.2, -0.15) is 0 Å². The normalized spacial score (nSPS) is 24.1. The molecule has 0 saturated carbocycles. The van der Waals surface area contributed by atoms with Crippen molar-refractivity contribution >= 4 is 23.2 Å². The molecule has 1 unspecified atom stereocenters. The molecule has 0 spiro atoms. The second-order valence-electron chi connectivity index (χ2n) is 6.23. The van der Waals surface area contributed by atoms with E-state index in [1.165, 1.54) is 4.90 Å². The predicted molar refractivity (Wildman–Crippen MR) is 96.9 cm³/mol. The Labute approximate surface area is 145 Å². The molecule has 1 aromatic carbocycles. The molecule has 2 heterocycles. The smallest absolute Gasteiger partial charge is 0.234 e. The largest absolute Gasteiger partial charge is 0.508 e. The third-order valence-corrected chi connectivity index (χ3v) is 5.84. The highest BCUT2D eigenvalue weighted by Gasteiger charge is 2.45. The van der Waals surface area contributed by atoms with E-state index in [0.717, 1.165) is 16.0 Å². The lowest BCUT2D eigenvalue weighted by Gasteiger charge is -2.39. The molecule has 0 radical (unpaired) electrons. The SMILES string of the molecule is CCC1C(=O)N(C)C(N)=N[C@]1(C)c1cc(-c2cccc(O)c2)cs1. The number of benzene rings is 1. The van der Waals surface area contributed by atoms with Crippen LogP contribution in [0.25, 0.3) is 11.1 Å². The third kappa shape index (κ3) is 2.57. The molecule has 0 fully saturated rings. The summed E-state index contributed by atoms with van der Waals surface area (Å²) in [6.07, 6.45) is 0.690. The van der Waals surface area contributed by atoms with Gasteiger partial charge < -0.3 is 10.8 Å². The highest BCUT2D eigenvalue weighted by Crippen LogP contribution is 2.43. The van der Waals surface area contributed by atoms with Gasteiger partial charge in [0.25, 0.3) is 0 Å². The molecule has 3 rings (SSSR count). The number of hydrogen-bond donors (Lipinski definition) is 2. The van der Waals surface area contributed by atoms with Gasteiger partial charge in [0.2, 0.25) is 5.91 Å². The minimum Gasteiger partial charge on any atom is -0.508 e. The number of hydrogen-bond acceptors (Lipinski definition) is 5. The maximum atomic E-state index is 12.6. The van der Waals surface area contributed by atoms with Gasteiger partial charge in [-0.05, 0) is 48.1 Å². The summed E-state index contributed by atoms with van der Waals surface area (Å²) in [4.78, 5) is 19.7. The number of phenols is 1. The van der Waals surface area contributed by atoms with Crippen molar-refractivity contribution in [2.75, 3.05) is 7.05 Å². The standard InChI is InChI=1S/C18H21N3O2S/c1-4-14-16(23)21(3)17(19)20-18(14,2)15-9-12(10-24-15)11-6-5-7-13(22)8-11/h5-10,14,22H,4H2,1-3H3,(H2,19,20)/t14?,18-/m0/s1. The number of rotatable bonds is 3. The summed E-state index contributed by atoms with van der Waals surface area (Å²) < 4.78 is 0. The summed E-state index contributed by atoms with van der Waals surface area (Å²) in [6.45, 7) is 3.96. The first-order valence-electron chi connectivity index (χ1n) is 7.88. The lowest BCUT2D eigenvalue weighted by Crippen LogP contribution is -2.53. The Hall–Kier alpha value is -2.34. The van der Waals surface area contributed by atoms with Crippen molar-refractivity contribution in [3.63, 3.8) is 0 Å². The molecule has 0 bridgehead atoms. The van der Waals surface area contributed by atoms with Crippen molar-refractivity contribution in [2.24, 2.45) is 16.6 Å². The first-order valence-corrected chi connectivity index (χ1v) is 8.76. The Morgan fingerprint density at radius 1 is 1.38 bits per heavy atom. The van der Waals surface area contributed by atoms with Crippen LogP contribution in [0.3, 0.4) is 0 Å². The zero-order valence-corrected chi connectivity index (χ0v) is 14.8. The van der Waals surface area contributed by atoms with Crippen LogP contribution in [0.5, 0.6) is 5.75 Å². The molecule has 6 heteroatoms. The number of nitrogens with two attached hydrogens (primary N) is 1. The van der Waals surface area contributed by atoms with E-state index in [0.29, 0.717) is 6.42 Å². The van der Waals surface area contributed by atoms with Gasteiger partial charge in [0.15, 0.2) is 5.96 Å². The van der Waals surface area contributed by atoms with E-state index in [2.05, 4.69) is 4.99 Å². The van der Waals surface area contributed by atoms with Crippen molar-refractivity contribution in [3.8, 4) is 16.9 Å². The predicted octanol–water partition coefficient (Wildman–Crippen LogP) is 3.15. The van der Waals surface area contributed by atoms with E-state index in [1.54, 1.807) is 30.5 Å². The van der Waals surface area contributed by atoms with Crippen LogP contribution in [0.4, 0.5) is 0 Å². The number of aliphatic imine (C=N–C) groups is 1. The Morgan fingerprint density at radius 3 is 2.79 bits per heavy atom. The van der Waals surface area contributed by atoms with Gasteiger partial charge in [-0.1, -0.05) is 19.1 Å². The van der Waals surface area contributed by atoms with Crippen LogP contribution in [-0.2, 0) is 10.3 Å². The van der Waals surface area contributed by atoms with E-state index >= 15 is 0 Å². The van der Waals surface area contributed by atoms with Crippen molar-refractivity contribution in [1.82, 2.24) is 4.90 Å². The van der Waals surface area contributed by atoms with Gasteiger partial charge in [-0.15, -0.1) is 11.3 Å². The Kier molecular flexibility index (Phi) is 4.09. The molecule has 1 aliphatic heterocycles. The number of nitrogens with zero attached hydrogens (tertiary/aromatic N) is 2. The van der Waals surface area contributed by atoms with Crippen LogP contribution in [0.1, 0.15) is 25.1 Å². The number of thiophene rings is 1. The second kappa shape index (κ2) is 5.94. The number of carbonyl (C=O) groups excluding carboxylic acids is 1. The highest BCUT2D eigenvalue weighted by molar-refractivity contribution is 7.10. The maximum absolute atomic E-state index is 12.6. The molecule has 24 heavy (non-hydrogen) atoms. The van der Waals surface area contributed by atoms with E-state index in [1.807, 2.05) is 37.4 Å². The minimum absolute atomic E-state index is 0.000180. The fraction of sp³-hybridized carbons (Fsp3) is 0.333. The van der Waals surface area contributed by atoms with E-state index < -0.39 is 5.54 Å². The van der Waals surface area contributed by atoms with Crippen molar-refractivity contribution in [2.45, 2.75) is 25.8 Å². The summed E-state index contributed by atoms with van der Waals surface area (Å²) in [5.41, 5.74) is 7.24. The highest BCUT2D eigenvalue weighted by atomic mass is 32.1. The van der Waals surface area contributed by atoms with Gasteiger partial charge in [-0.25, -0.2) is 4.99 Å². The molecule has 5 nitrogen and oxygen atoms in total. The number of guanidine groups is 1. The number of phenolic OH excluding ortho intramolecular Hbond substituents is 1. The van der Waals surface area contributed by atoms with E-state index in [4.69, 9.17) is 5.73 Å². The van der Waals surface area contributed by atoms with Crippen LogP contribution in [-0.4, -0.2) is 28.9 Å². The average molecular weight is 343 g/mol. The lowest BCUT2D eigenvalue weighted by molar-refractivity contribution is -0.134. The topological polar surface area (TPSA) is 78.9 Å². The zero-order valence-electron chi connectivity index (χ0n) is 14.0. The van der Waals surface area contributed by atoms with Gasteiger partial charge in [-0.3, -0.25) is 9.69 Å². The Morgan fingerprint density at radius 2 is 2.12 bits per heavy atom. The summed E-state index contributed by atoms with van der Waals surface area (Å²) >= 11 is 1.57. The lowest BCUT2D eigenvalue weighted by atomic mass is 9.80. The van der Waals surface area contributed by atoms with E-state index in [9.17, 15) is 9.90 Å². The summed E-state index contributed by atoms with van der Waals surface area (Å²) in [5, 5.41) is 11.7. The molecule has 0 saturated heterocycles. The summed E-state index contributed by atoms with van der Waals surface area (Å²) in [5.74, 6) is 0.236. The number of aromatic hydroxyl groups is 1. The molecule has 0 aliphatic carbocycles. The Bertz CT molecular complexity index is 814. The number of amides is 1. The zero-order chi connectivity index (χ0) is 17.5. The Balaban J connectivity index is 2.06. The van der Waals surface area contributed by atoms with Crippen molar-refractivity contribution in [1.29, 1.82) is 0 Å². The van der Waals surface area contributed by atoms with Gasteiger partial charge >= 0.3 is 0 Å².